The third-order valence-electron chi connectivity index (χ3n) is 4.38. The smallest absolute Gasteiger partial charge is 0.259 e. The predicted octanol–water partition coefficient (Wildman–Crippen LogP) is 3.91. The van der Waals surface area contributed by atoms with Gasteiger partial charge in [0, 0.05) is 25.6 Å². The van der Waals surface area contributed by atoms with Gasteiger partial charge in [-0.2, -0.15) is 0 Å². The first-order valence-electron chi connectivity index (χ1n) is 8.58. The van der Waals surface area contributed by atoms with E-state index in [-0.39, 0.29) is 17.9 Å². The number of methoxy groups -OCH3 is 1. The van der Waals surface area contributed by atoms with Gasteiger partial charge < -0.3 is 15.0 Å². The number of nitrogens with one attached hydrogen (secondary N) is 1. The molecule has 0 bridgehead atoms. The van der Waals surface area contributed by atoms with Gasteiger partial charge in [-0.15, -0.1) is 0 Å². The topological polar surface area (TPSA) is 58.6 Å². The Balaban J connectivity index is 1.98. The van der Waals surface area contributed by atoms with E-state index in [1.807, 2.05) is 0 Å². The second-order valence-electron chi connectivity index (χ2n) is 6.17. The molecule has 0 saturated carbocycles. The van der Waals surface area contributed by atoms with Crippen molar-refractivity contribution in [2.45, 2.75) is 45.1 Å². The molecule has 1 N–H and O–H groups in total. The molecule has 0 aliphatic carbocycles. The lowest BCUT2D eigenvalue weighted by atomic mass is 10.0. The quantitative estimate of drug-likeness (QED) is 0.805. The molecule has 2 amide bonds. The molecule has 2 rings (SSSR count). The van der Waals surface area contributed by atoms with Crippen LogP contribution in [0.1, 0.15) is 49.4 Å². The molecule has 138 valence electrons. The summed E-state index contributed by atoms with van der Waals surface area (Å²) in [5, 5.41) is 3.72. The van der Waals surface area contributed by atoms with Crippen LogP contribution >= 0.6 is 23.2 Å². The number of ether oxygens (including phenoxy) is 1. The molecule has 1 aromatic rings. The number of unbranched alkanes of at least 4 members (excludes halogenated alkanes) is 1. The van der Waals surface area contributed by atoms with Crippen LogP contribution in [0.15, 0.2) is 12.1 Å². The number of amides is 2. The van der Waals surface area contributed by atoms with Crippen molar-refractivity contribution < 1.29 is 14.3 Å². The summed E-state index contributed by atoms with van der Waals surface area (Å²) < 4.78 is 5.26. The Morgan fingerprint density at radius 3 is 2.48 bits per heavy atom. The summed E-state index contributed by atoms with van der Waals surface area (Å²) in [5.74, 6) is 0.195. The molecule has 5 nitrogen and oxygen atoms in total. The van der Waals surface area contributed by atoms with Crippen molar-refractivity contribution in [3.63, 3.8) is 0 Å². The van der Waals surface area contributed by atoms with Crippen LogP contribution in [-0.2, 0) is 4.79 Å². The Hall–Kier alpha value is -1.46. The van der Waals surface area contributed by atoms with Gasteiger partial charge in [0.05, 0.1) is 17.2 Å². The SMILES string of the molecule is CCCCC(=O)NC1CCN(C(=O)c2c(Cl)ccc(Cl)c2OC)CC1. The average Bonchev–Trinajstić information content (AvgIpc) is 2.61. The molecule has 7 heteroatoms. The van der Waals surface area contributed by atoms with Crippen molar-refractivity contribution in [3.8, 4) is 5.75 Å². The van der Waals surface area contributed by atoms with Crippen molar-refractivity contribution in [1.29, 1.82) is 0 Å². The van der Waals surface area contributed by atoms with Crippen LogP contribution in [0.5, 0.6) is 5.75 Å². The zero-order valence-corrected chi connectivity index (χ0v) is 16.1. The van der Waals surface area contributed by atoms with E-state index in [0.717, 1.165) is 25.7 Å². The fraction of sp³-hybridized carbons (Fsp3) is 0.556. The summed E-state index contributed by atoms with van der Waals surface area (Å²) in [6.07, 6.45) is 3.91. The third kappa shape index (κ3) is 5.02. The normalized spacial score (nSPS) is 15.1. The lowest BCUT2D eigenvalue weighted by Gasteiger charge is -2.33. The summed E-state index contributed by atoms with van der Waals surface area (Å²) in [6.45, 7) is 3.18. The average molecular weight is 387 g/mol. The van der Waals surface area contributed by atoms with Gasteiger partial charge >= 0.3 is 0 Å². The summed E-state index contributed by atoms with van der Waals surface area (Å²) in [5.41, 5.74) is 0.294. The molecule has 1 aliphatic heterocycles. The molecule has 25 heavy (non-hydrogen) atoms. The molecule has 0 radical (unpaired) electrons. The lowest BCUT2D eigenvalue weighted by Crippen LogP contribution is -2.46. The fourth-order valence-electron chi connectivity index (χ4n) is 2.95. The molecule has 1 fully saturated rings. The Kier molecular flexibility index (Phi) is 7.38. The first-order chi connectivity index (χ1) is 12.0. The highest BCUT2D eigenvalue weighted by molar-refractivity contribution is 6.37. The molecule has 1 heterocycles. The van der Waals surface area contributed by atoms with Crippen LogP contribution in [0.4, 0.5) is 0 Å². The maximum Gasteiger partial charge on any atom is 0.259 e. The molecule has 1 saturated heterocycles. The molecule has 1 aliphatic rings. The zero-order valence-electron chi connectivity index (χ0n) is 14.6. The van der Waals surface area contributed by atoms with Gasteiger partial charge in [0.2, 0.25) is 5.91 Å². The Labute approximate surface area is 158 Å². The van der Waals surface area contributed by atoms with E-state index in [0.29, 0.717) is 40.9 Å². The van der Waals surface area contributed by atoms with Crippen LogP contribution in [-0.4, -0.2) is 43.0 Å². The van der Waals surface area contributed by atoms with Crippen LogP contribution in [0.3, 0.4) is 0 Å². The van der Waals surface area contributed by atoms with E-state index in [4.69, 9.17) is 27.9 Å². The number of rotatable bonds is 6. The van der Waals surface area contributed by atoms with Gasteiger partial charge in [-0.1, -0.05) is 36.5 Å². The van der Waals surface area contributed by atoms with Gasteiger partial charge in [-0.25, -0.2) is 0 Å². The molecule has 0 aromatic heterocycles. The van der Waals surface area contributed by atoms with Gasteiger partial charge in [0.25, 0.3) is 5.91 Å². The van der Waals surface area contributed by atoms with Crippen molar-refractivity contribution in [2.75, 3.05) is 20.2 Å². The zero-order chi connectivity index (χ0) is 18.4. The summed E-state index contributed by atoms with van der Waals surface area (Å²) >= 11 is 12.3. The van der Waals surface area contributed by atoms with E-state index in [9.17, 15) is 9.59 Å². The van der Waals surface area contributed by atoms with Crippen LogP contribution in [0.25, 0.3) is 0 Å². The predicted molar refractivity (Wildman–Crippen MR) is 99.6 cm³/mol. The number of hydrogen-bond donors (Lipinski definition) is 1. The first kappa shape index (κ1) is 19.9. The van der Waals surface area contributed by atoms with Crippen molar-refractivity contribution in [2.24, 2.45) is 0 Å². The molecule has 0 atom stereocenters. The minimum Gasteiger partial charge on any atom is -0.494 e. The van der Waals surface area contributed by atoms with E-state index in [1.54, 1.807) is 17.0 Å². The fourth-order valence-corrected chi connectivity index (χ4v) is 3.42. The number of carbonyl (C=O) groups excluding carboxylic acids is 2. The molecular formula is C18H24Cl2N2O3. The second kappa shape index (κ2) is 9.30. The number of piperidine rings is 1. The van der Waals surface area contributed by atoms with Gasteiger partial charge in [-0.05, 0) is 31.4 Å². The summed E-state index contributed by atoms with van der Waals surface area (Å²) in [7, 11) is 1.46. The number of benzene rings is 1. The summed E-state index contributed by atoms with van der Waals surface area (Å²) in [4.78, 5) is 26.4. The number of carbonyl (C=O) groups is 2. The monoisotopic (exact) mass is 386 g/mol. The Morgan fingerprint density at radius 2 is 1.88 bits per heavy atom. The molecule has 0 unspecified atom stereocenters. The first-order valence-corrected chi connectivity index (χ1v) is 9.34. The standard InChI is InChI=1S/C18H24Cl2N2O3/c1-3-4-5-15(23)21-12-8-10-22(11-9-12)18(24)16-13(19)6-7-14(20)17(16)25-2/h6-7,12H,3-5,8-11H2,1-2H3,(H,21,23). The van der Waals surface area contributed by atoms with Crippen LogP contribution in [0, 0.1) is 0 Å². The largest absolute Gasteiger partial charge is 0.494 e. The Bertz CT molecular complexity index is 629. The van der Waals surface area contributed by atoms with Gasteiger partial charge in [0.15, 0.2) is 5.75 Å². The van der Waals surface area contributed by atoms with Crippen molar-refractivity contribution >= 4 is 35.0 Å². The number of likely N-dealkylation sites (tertiary alicyclic amines) is 1. The van der Waals surface area contributed by atoms with Crippen LogP contribution in [0.2, 0.25) is 10.0 Å². The number of hydrogen-bond acceptors (Lipinski definition) is 3. The van der Waals surface area contributed by atoms with Gasteiger partial charge in [-0.3, -0.25) is 9.59 Å². The third-order valence-corrected chi connectivity index (χ3v) is 4.99. The maximum absolute atomic E-state index is 12.8. The van der Waals surface area contributed by atoms with Crippen molar-refractivity contribution in [1.82, 2.24) is 10.2 Å². The number of nitrogens with zero attached hydrogens (tertiary/aromatic N) is 1. The van der Waals surface area contributed by atoms with E-state index in [1.165, 1.54) is 7.11 Å². The van der Waals surface area contributed by atoms with Gasteiger partial charge in [0.1, 0.15) is 5.56 Å². The van der Waals surface area contributed by atoms with E-state index < -0.39 is 0 Å². The second-order valence-corrected chi connectivity index (χ2v) is 6.99. The highest BCUT2D eigenvalue weighted by atomic mass is 35.5. The van der Waals surface area contributed by atoms with Crippen molar-refractivity contribution in [3.05, 3.63) is 27.7 Å². The van der Waals surface area contributed by atoms with E-state index in [2.05, 4.69) is 12.2 Å². The lowest BCUT2D eigenvalue weighted by molar-refractivity contribution is -0.122. The summed E-state index contributed by atoms with van der Waals surface area (Å²) in [6, 6.07) is 3.32. The minimum atomic E-state index is -0.194. The highest BCUT2D eigenvalue weighted by Crippen LogP contribution is 2.35. The van der Waals surface area contributed by atoms with Crippen LogP contribution < -0.4 is 10.1 Å². The molecule has 1 aromatic carbocycles. The van der Waals surface area contributed by atoms with E-state index >= 15 is 0 Å². The maximum atomic E-state index is 12.8. The molecular weight excluding hydrogens is 363 g/mol. The number of halogens is 2. The highest BCUT2D eigenvalue weighted by Gasteiger charge is 2.28. The molecule has 0 spiro atoms. The Morgan fingerprint density at radius 1 is 1.24 bits per heavy atom. The minimum absolute atomic E-state index is 0.0891.